The summed E-state index contributed by atoms with van der Waals surface area (Å²) in [6, 6.07) is 4.54. The molecule has 1 aromatic carbocycles. The average Bonchev–Trinajstić information content (AvgIpc) is 2.66. The Bertz CT molecular complexity index is 480. The molecule has 0 amide bonds. The van der Waals surface area contributed by atoms with Crippen molar-refractivity contribution < 1.29 is 9.60 Å². The predicted octanol–water partition coefficient (Wildman–Crippen LogP) is 2.01. The van der Waals surface area contributed by atoms with Crippen molar-refractivity contribution in [2.24, 2.45) is 22.7 Å². The molecule has 2 unspecified atom stereocenters. The Morgan fingerprint density at radius 3 is 2.58 bits per heavy atom. The first kappa shape index (κ1) is 13.8. The van der Waals surface area contributed by atoms with E-state index in [1.54, 1.807) is 6.07 Å². The lowest BCUT2D eigenvalue weighted by Crippen LogP contribution is -2.21. The molecule has 2 atom stereocenters. The van der Waals surface area contributed by atoms with E-state index in [2.05, 4.69) is 23.9 Å². The molecule has 4 nitrogen and oxygen atoms in total. The summed E-state index contributed by atoms with van der Waals surface area (Å²) < 4.78 is 13.5. The van der Waals surface area contributed by atoms with Gasteiger partial charge in [-0.2, -0.15) is 0 Å². The van der Waals surface area contributed by atoms with Crippen LogP contribution in [0.5, 0.6) is 0 Å². The van der Waals surface area contributed by atoms with Crippen LogP contribution in [0.3, 0.4) is 0 Å². The van der Waals surface area contributed by atoms with Gasteiger partial charge in [-0.05, 0) is 35.6 Å². The first-order valence-electron chi connectivity index (χ1n) is 6.49. The van der Waals surface area contributed by atoms with Gasteiger partial charge in [-0.3, -0.25) is 4.90 Å². The van der Waals surface area contributed by atoms with E-state index in [4.69, 9.17) is 10.9 Å². The monoisotopic (exact) mass is 265 g/mol. The highest BCUT2D eigenvalue weighted by atomic mass is 19.1. The second-order valence-electron chi connectivity index (χ2n) is 5.48. The Labute approximate surface area is 112 Å². The minimum atomic E-state index is -0.362. The molecule has 1 heterocycles. The van der Waals surface area contributed by atoms with Crippen molar-refractivity contribution in [1.29, 1.82) is 0 Å². The SMILES string of the molecule is CC1CN(Cc2cc(F)cc(/C(N)=N/O)c2)CC1C. The third-order valence-corrected chi connectivity index (χ3v) is 3.83. The largest absolute Gasteiger partial charge is 0.409 e. The Morgan fingerprint density at radius 1 is 1.37 bits per heavy atom. The highest BCUT2D eigenvalue weighted by Gasteiger charge is 2.25. The molecule has 1 aromatic rings. The summed E-state index contributed by atoms with van der Waals surface area (Å²) in [6.45, 7) is 7.21. The summed E-state index contributed by atoms with van der Waals surface area (Å²) in [6.07, 6.45) is 0. The maximum absolute atomic E-state index is 13.5. The van der Waals surface area contributed by atoms with Gasteiger partial charge < -0.3 is 10.9 Å². The van der Waals surface area contributed by atoms with Crippen molar-refractivity contribution in [3.8, 4) is 0 Å². The number of amidine groups is 1. The fourth-order valence-corrected chi connectivity index (χ4v) is 2.58. The van der Waals surface area contributed by atoms with E-state index in [0.717, 1.165) is 18.7 Å². The molecule has 19 heavy (non-hydrogen) atoms. The predicted molar refractivity (Wildman–Crippen MR) is 72.5 cm³/mol. The van der Waals surface area contributed by atoms with Gasteiger partial charge in [-0.25, -0.2) is 4.39 Å². The second kappa shape index (κ2) is 5.57. The maximum Gasteiger partial charge on any atom is 0.170 e. The molecule has 0 bridgehead atoms. The molecule has 0 aliphatic carbocycles. The second-order valence-corrected chi connectivity index (χ2v) is 5.48. The van der Waals surface area contributed by atoms with E-state index >= 15 is 0 Å². The van der Waals surface area contributed by atoms with Gasteiger partial charge in [-0.1, -0.05) is 19.0 Å². The zero-order valence-electron chi connectivity index (χ0n) is 11.3. The van der Waals surface area contributed by atoms with Crippen molar-refractivity contribution in [3.05, 3.63) is 35.1 Å². The molecule has 0 spiro atoms. The van der Waals surface area contributed by atoms with E-state index in [1.165, 1.54) is 12.1 Å². The molecule has 5 heteroatoms. The minimum Gasteiger partial charge on any atom is -0.409 e. The van der Waals surface area contributed by atoms with Crippen LogP contribution in [0, 0.1) is 17.7 Å². The van der Waals surface area contributed by atoms with Crippen molar-refractivity contribution in [2.75, 3.05) is 13.1 Å². The molecule has 1 saturated heterocycles. The van der Waals surface area contributed by atoms with Crippen LogP contribution < -0.4 is 5.73 Å². The molecule has 1 fully saturated rings. The fraction of sp³-hybridized carbons (Fsp3) is 0.500. The van der Waals surface area contributed by atoms with E-state index < -0.39 is 0 Å². The van der Waals surface area contributed by atoms with Gasteiger partial charge in [-0.15, -0.1) is 0 Å². The van der Waals surface area contributed by atoms with Crippen molar-refractivity contribution in [1.82, 2.24) is 4.90 Å². The maximum atomic E-state index is 13.5. The van der Waals surface area contributed by atoms with Crippen LogP contribution >= 0.6 is 0 Å². The van der Waals surface area contributed by atoms with E-state index in [9.17, 15) is 4.39 Å². The van der Waals surface area contributed by atoms with E-state index in [1.807, 2.05) is 0 Å². The summed E-state index contributed by atoms with van der Waals surface area (Å²) in [7, 11) is 0. The average molecular weight is 265 g/mol. The van der Waals surface area contributed by atoms with Crippen LogP contribution in [-0.4, -0.2) is 29.0 Å². The Hall–Kier alpha value is -1.62. The number of benzene rings is 1. The summed E-state index contributed by atoms with van der Waals surface area (Å²) >= 11 is 0. The Morgan fingerprint density at radius 2 is 2.00 bits per heavy atom. The normalized spacial score (nSPS) is 24.9. The zero-order valence-corrected chi connectivity index (χ0v) is 11.3. The molecule has 104 valence electrons. The number of rotatable bonds is 3. The summed E-state index contributed by atoms with van der Waals surface area (Å²) in [5.74, 6) is 0.900. The first-order valence-corrected chi connectivity index (χ1v) is 6.49. The molecule has 1 aliphatic heterocycles. The Kier molecular flexibility index (Phi) is 4.04. The number of hydrogen-bond donors (Lipinski definition) is 2. The van der Waals surface area contributed by atoms with Crippen molar-refractivity contribution >= 4 is 5.84 Å². The molecule has 3 N–H and O–H groups in total. The van der Waals surface area contributed by atoms with Crippen LogP contribution in [0.15, 0.2) is 23.4 Å². The number of hydrogen-bond acceptors (Lipinski definition) is 3. The van der Waals surface area contributed by atoms with Gasteiger partial charge in [0, 0.05) is 25.2 Å². The third kappa shape index (κ3) is 3.23. The van der Waals surface area contributed by atoms with Gasteiger partial charge in [0.2, 0.25) is 0 Å². The standard InChI is InChI=1S/C14H20FN3O/c1-9-6-18(7-10(9)2)8-11-3-12(14(16)17-19)5-13(15)4-11/h3-5,9-10,19H,6-8H2,1-2H3,(H2,16,17). The number of nitrogens with two attached hydrogens (primary N) is 1. The van der Waals surface area contributed by atoms with Crippen LogP contribution in [-0.2, 0) is 6.54 Å². The van der Waals surface area contributed by atoms with E-state index in [0.29, 0.717) is 23.9 Å². The molecule has 1 aliphatic rings. The lowest BCUT2D eigenvalue weighted by molar-refractivity contribution is 0.315. The first-order chi connectivity index (χ1) is 8.99. The highest BCUT2D eigenvalue weighted by molar-refractivity contribution is 5.97. The van der Waals surface area contributed by atoms with Crippen LogP contribution in [0.25, 0.3) is 0 Å². The van der Waals surface area contributed by atoms with E-state index in [-0.39, 0.29) is 11.7 Å². The van der Waals surface area contributed by atoms with Gasteiger partial charge >= 0.3 is 0 Å². The molecule has 2 rings (SSSR count). The molecular formula is C14H20FN3O. The zero-order chi connectivity index (χ0) is 14.0. The lowest BCUT2D eigenvalue weighted by Gasteiger charge is -2.16. The van der Waals surface area contributed by atoms with Gasteiger partial charge in [0.15, 0.2) is 5.84 Å². The molecule has 0 aromatic heterocycles. The Balaban J connectivity index is 2.15. The van der Waals surface area contributed by atoms with Crippen LogP contribution in [0.1, 0.15) is 25.0 Å². The van der Waals surface area contributed by atoms with Gasteiger partial charge in [0.1, 0.15) is 5.82 Å². The summed E-state index contributed by atoms with van der Waals surface area (Å²) in [4.78, 5) is 2.31. The molecular weight excluding hydrogens is 245 g/mol. The quantitative estimate of drug-likeness (QED) is 0.380. The fourth-order valence-electron chi connectivity index (χ4n) is 2.58. The number of halogens is 1. The summed E-state index contributed by atoms with van der Waals surface area (Å²) in [5, 5.41) is 11.6. The molecule has 0 radical (unpaired) electrons. The van der Waals surface area contributed by atoms with Gasteiger partial charge in [0.05, 0.1) is 0 Å². The van der Waals surface area contributed by atoms with Crippen LogP contribution in [0.2, 0.25) is 0 Å². The number of likely N-dealkylation sites (tertiary alicyclic amines) is 1. The smallest absolute Gasteiger partial charge is 0.170 e. The molecule has 0 saturated carbocycles. The minimum absolute atomic E-state index is 0.0658. The number of oxime groups is 1. The topological polar surface area (TPSA) is 61.8 Å². The van der Waals surface area contributed by atoms with Crippen LogP contribution in [0.4, 0.5) is 4.39 Å². The summed E-state index contributed by atoms with van der Waals surface area (Å²) in [5.41, 5.74) is 6.77. The van der Waals surface area contributed by atoms with Gasteiger partial charge in [0.25, 0.3) is 0 Å². The van der Waals surface area contributed by atoms with Crippen molar-refractivity contribution in [3.63, 3.8) is 0 Å². The van der Waals surface area contributed by atoms with Crippen molar-refractivity contribution in [2.45, 2.75) is 20.4 Å². The third-order valence-electron chi connectivity index (χ3n) is 3.83. The lowest BCUT2D eigenvalue weighted by atomic mass is 10.0. The number of nitrogens with zero attached hydrogens (tertiary/aromatic N) is 2. The highest BCUT2D eigenvalue weighted by Crippen LogP contribution is 2.24.